The van der Waals surface area contributed by atoms with Gasteiger partial charge in [-0.25, -0.2) is 4.68 Å². The van der Waals surface area contributed by atoms with Crippen LogP contribution in [0, 0.1) is 11.8 Å². The Hall–Kier alpha value is -1.71. The molecule has 0 saturated heterocycles. The van der Waals surface area contributed by atoms with Gasteiger partial charge in [-0.05, 0) is 30.4 Å². The van der Waals surface area contributed by atoms with Crippen LogP contribution < -0.4 is 0 Å². The number of fused-ring (bicyclic) bond motifs is 1. The van der Waals surface area contributed by atoms with E-state index in [0.29, 0.717) is 30.5 Å². The number of carbonyl (C=O) groups excluding carboxylic acids is 1. The van der Waals surface area contributed by atoms with Gasteiger partial charge in [0.1, 0.15) is 11.3 Å². The number of Topliss-reactive ketones (excluding diaryl/α,β-unsaturated/α-hetero) is 1. The summed E-state index contributed by atoms with van der Waals surface area (Å²) in [5, 5.41) is 8.51. The number of nitrogens with zero attached hydrogens (tertiary/aromatic N) is 3. The normalized spacial score (nSPS) is 24.3. The van der Waals surface area contributed by atoms with Crippen LogP contribution in [0.15, 0.2) is 24.3 Å². The van der Waals surface area contributed by atoms with E-state index >= 15 is 0 Å². The maximum absolute atomic E-state index is 11.8. The van der Waals surface area contributed by atoms with Gasteiger partial charge in [0.2, 0.25) is 0 Å². The number of para-hydroxylation sites is 1. The summed E-state index contributed by atoms with van der Waals surface area (Å²) in [5.74, 6) is 1.41. The zero-order chi connectivity index (χ0) is 13.4. The molecule has 1 aromatic carbocycles. The van der Waals surface area contributed by atoms with E-state index in [1.807, 2.05) is 28.9 Å². The van der Waals surface area contributed by atoms with Gasteiger partial charge >= 0.3 is 0 Å². The van der Waals surface area contributed by atoms with Gasteiger partial charge in [-0.15, -0.1) is 5.10 Å². The molecule has 1 aliphatic carbocycles. The molecule has 1 aliphatic rings. The summed E-state index contributed by atoms with van der Waals surface area (Å²) in [6.07, 6.45) is 2.28. The Morgan fingerprint density at radius 1 is 1.32 bits per heavy atom. The fourth-order valence-electron chi connectivity index (χ4n) is 3.18. The lowest BCUT2D eigenvalue weighted by Gasteiger charge is -2.33. The molecular weight excluding hydrogens is 238 g/mol. The zero-order valence-electron chi connectivity index (χ0n) is 11.4. The summed E-state index contributed by atoms with van der Waals surface area (Å²) in [6.45, 7) is 4.46. The highest BCUT2D eigenvalue weighted by molar-refractivity contribution is 5.80. The molecule has 2 unspecified atom stereocenters. The minimum atomic E-state index is 0.161. The molecule has 19 heavy (non-hydrogen) atoms. The Balaban J connectivity index is 2.04. The molecule has 0 aliphatic heterocycles. The lowest BCUT2D eigenvalue weighted by atomic mass is 9.77. The third-order valence-corrected chi connectivity index (χ3v) is 4.24. The minimum absolute atomic E-state index is 0.161. The van der Waals surface area contributed by atoms with Gasteiger partial charge in [0.25, 0.3) is 0 Å². The van der Waals surface area contributed by atoms with Gasteiger partial charge < -0.3 is 0 Å². The van der Waals surface area contributed by atoms with Gasteiger partial charge in [0.05, 0.1) is 11.6 Å². The fourth-order valence-corrected chi connectivity index (χ4v) is 3.18. The van der Waals surface area contributed by atoms with Crippen molar-refractivity contribution in [3.63, 3.8) is 0 Å². The fraction of sp³-hybridized carbons (Fsp3) is 0.533. The second kappa shape index (κ2) is 4.76. The summed E-state index contributed by atoms with van der Waals surface area (Å²) in [7, 11) is 0. The molecule has 2 aromatic rings. The second-order valence-electron chi connectivity index (χ2n) is 5.78. The van der Waals surface area contributed by atoms with Crippen molar-refractivity contribution in [2.75, 3.05) is 0 Å². The quantitative estimate of drug-likeness (QED) is 0.831. The van der Waals surface area contributed by atoms with Crippen molar-refractivity contribution >= 4 is 16.8 Å². The van der Waals surface area contributed by atoms with Crippen molar-refractivity contribution in [1.82, 2.24) is 15.0 Å². The monoisotopic (exact) mass is 257 g/mol. The first-order valence-electron chi connectivity index (χ1n) is 6.98. The zero-order valence-corrected chi connectivity index (χ0v) is 11.4. The Morgan fingerprint density at radius 2 is 2.11 bits per heavy atom. The third kappa shape index (κ3) is 2.15. The lowest BCUT2D eigenvalue weighted by Crippen LogP contribution is -2.31. The summed E-state index contributed by atoms with van der Waals surface area (Å²) >= 11 is 0. The molecule has 0 radical (unpaired) electrons. The third-order valence-electron chi connectivity index (χ3n) is 4.24. The molecule has 1 aromatic heterocycles. The van der Waals surface area contributed by atoms with E-state index in [9.17, 15) is 4.79 Å². The van der Waals surface area contributed by atoms with Gasteiger partial charge in [-0.2, -0.15) is 0 Å². The Kier molecular flexibility index (Phi) is 3.09. The van der Waals surface area contributed by atoms with Crippen molar-refractivity contribution in [2.24, 2.45) is 11.8 Å². The summed E-state index contributed by atoms with van der Waals surface area (Å²) in [6, 6.07) is 8.12. The maximum Gasteiger partial charge on any atom is 0.135 e. The maximum atomic E-state index is 11.8. The van der Waals surface area contributed by atoms with Crippen LogP contribution >= 0.6 is 0 Å². The molecule has 2 atom stereocenters. The average molecular weight is 257 g/mol. The Bertz CT molecular complexity index is 602. The number of aromatic nitrogens is 3. The first-order chi connectivity index (χ1) is 9.16. The van der Waals surface area contributed by atoms with Crippen LogP contribution in [0.2, 0.25) is 0 Å². The van der Waals surface area contributed by atoms with Gasteiger partial charge in [0, 0.05) is 12.8 Å². The Labute approximate surface area is 112 Å². The molecule has 0 bridgehead atoms. The number of carbonyl (C=O) groups is 1. The van der Waals surface area contributed by atoms with Gasteiger partial charge in [-0.3, -0.25) is 4.79 Å². The molecule has 0 N–H and O–H groups in total. The largest absolute Gasteiger partial charge is 0.300 e. The highest BCUT2D eigenvalue weighted by Gasteiger charge is 2.33. The van der Waals surface area contributed by atoms with Crippen LogP contribution in [0.3, 0.4) is 0 Å². The number of hydrogen-bond donors (Lipinski definition) is 0. The smallest absolute Gasteiger partial charge is 0.135 e. The molecular formula is C15H19N3O. The van der Waals surface area contributed by atoms with E-state index in [4.69, 9.17) is 0 Å². The van der Waals surface area contributed by atoms with Crippen molar-refractivity contribution in [3.05, 3.63) is 24.3 Å². The van der Waals surface area contributed by atoms with Crippen LogP contribution in [0.25, 0.3) is 11.0 Å². The molecule has 100 valence electrons. The van der Waals surface area contributed by atoms with E-state index in [1.54, 1.807) is 0 Å². The molecule has 1 saturated carbocycles. The highest BCUT2D eigenvalue weighted by atomic mass is 16.1. The van der Waals surface area contributed by atoms with E-state index in [2.05, 4.69) is 24.2 Å². The predicted octanol–water partition coefficient (Wildman–Crippen LogP) is 3.00. The molecule has 0 spiro atoms. The highest BCUT2D eigenvalue weighted by Crippen LogP contribution is 2.37. The second-order valence-corrected chi connectivity index (χ2v) is 5.78. The molecule has 1 fully saturated rings. The van der Waals surface area contributed by atoms with Crippen molar-refractivity contribution < 1.29 is 4.79 Å². The summed E-state index contributed by atoms with van der Waals surface area (Å²) in [4.78, 5) is 11.8. The molecule has 4 heteroatoms. The van der Waals surface area contributed by atoms with E-state index in [-0.39, 0.29) is 6.04 Å². The van der Waals surface area contributed by atoms with Crippen molar-refractivity contribution in [2.45, 2.75) is 39.2 Å². The van der Waals surface area contributed by atoms with Gasteiger partial charge in [-0.1, -0.05) is 31.2 Å². The number of ketones is 1. The molecule has 0 amide bonds. The predicted molar refractivity (Wildman–Crippen MR) is 73.8 cm³/mol. The molecule has 4 nitrogen and oxygen atoms in total. The first-order valence-corrected chi connectivity index (χ1v) is 6.98. The average Bonchev–Trinajstić information content (AvgIpc) is 2.82. The van der Waals surface area contributed by atoms with Crippen LogP contribution in [0.1, 0.15) is 39.2 Å². The number of benzene rings is 1. The topological polar surface area (TPSA) is 47.8 Å². The number of hydrogen-bond acceptors (Lipinski definition) is 3. The lowest BCUT2D eigenvalue weighted by molar-refractivity contribution is -0.122. The molecule has 1 heterocycles. The van der Waals surface area contributed by atoms with Gasteiger partial charge in [0.15, 0.2) is 0 Å². The Morgan fingerprint density at radius 3 is 2.89 bits per heavy atom. The van der Waals surface area contributed by atoms with Crippen LogP contribution in [0.5, 0.6) is 0 Å². The molecule has 3 rings (SSSR count). The van der Waals surface area contributed by atoms with Crippen LogP contribution in [-0.4, -0.2) is 20.8 Å². The standard InChI is InChI=1S/C15H19N3O/c1-10(2)12-8-7-11(19)9-15(12)18-14-6-4-3-5-13(14)16-17-18/h3-6,10,12,15H,7-9H2,1-2H3. The first kappa shape index (κ1) is 12.3. The van der Waals surface area contributed by atoms with Crippen LogP contribution in [0.4, 0.5) is 0 Å². The number of rotatable bonds is 2. The van der Waals surface area contributed by atoms with E-state index < -0.39 is 0 Å². The van der Waals surface area contributed by atoms with Crippen LogP contribution in [-0.2, 0) is 4.79 Å². The minimum Gasteiger partial charge on any atom is -0.300 e. The van der Waals surface area contributed by atoms with Crippen molar-refractivity contribution in [1.29, 1.82) is 0 Å². The van der Waals surface area contributed by atoms with Crippen molar-refractivity contribution in [3.8, 4) is 0 Å². The summed E-state index contributed by atoms with van der Waals surface area (Å²) < 4.78 is 1.97. The van der Waals surface area contributed by atoms with E-state index in [1.165, 1.54) is 0 Å². The SMILES string of the molecule is CC(C)C1CCC(=O)CC1n1nnc2ccccc21. The summed E-state index contributed by atoms with van der Waals surface area (Å²) in [5.41, 5.74) is 1.94. The van der Waals surface area contributed by atoms with E-state index in [0.717, 1.165) is 17.5 Å².